The van der Waals surface area contributed by atoms with E-state index in [1.165, 1.54) is 0 Å². The Hall–Kier alpha value is -2.95. The zero-order valence-corrected chi connectivity index (χ0v) is 17.0. The summed E-state index contributed by atoms with van der Waals surface area (Å²) in [7, 11) is 0. The van der Waals surface area contributed by atoms with Gasteiger partial charge in [-0.1, -0.05) is 55.0 Å². The predicted octanol–water partition coefficient (Wildman–Crippen LogP) is 4.15. The molecule has 5 nitrogen and oxygen atoms in total. The summed E-state index contributed by atoms with van der Waals surface area (Å²) in [6, 6.07) is 17.7. The van der Waals surface area contributed by atoms with E-state index < -0.39 is 0 Å². The van der Waals surface area contributed by atoms with Crippen LogP contribution in [0, 0.1) is 17.8 Å². The van der Waals surface area contributed by atoms with Gasteiger partial charge in [-0.15, -0.1) is 0 Å². The van der Waals surface area contributed by atoms with Crippen molar-refractivity contribution >= 4 is 23.3 Å². The molecular formula is C25H27NO4. The summed E-state index contributed by atoms with van der Waals surface area (Å²) in [4.78, 5) is 37.1. The lowest BCUT2D eigenvalue weighted by Crippen LogP contribution is -2.40. The Morgan fingerprint density at radius 1 is 0.933 bits per heavy atom. The van der Waals surface area contributed by atoms with Crippen LogP contribution >= 0.6 is 0 Å². The second kappa shape index (κ2) is 9.24. The number of ketones is 1. The van der Waals surface area contributed by atoms with Gasteiger partial charge in [0.15, 0.2) is 6.61 Å². The molecule has 156 valence electrons. The number of esters is 1. The minimum Gasteiger partial charge on any atom is -0.455 e. The van der Waals surface area contributed by atoms with E-state index in [1.807, 2.05) is 54.6 Å². The summed E-state index contributed by atoms with van der Waals surface area (Å²) >= 11 is 0. The summed E-state index contributed by atoms with van der Waals surface area (Å²) in [5.41, 5.74) is 2.88. The number of hydrogen-bond donors (Lipinski definition) is 1. The van der Waals surface area contributed by atoms with E-state index in [0.717, 1.165) is 36.1 Å². The standard InChI is InChI=1S/C25H27NO4/c27-23(16-30-25(29)21-14-19-10-6-11-20(15-21)24(19)28)26-22-12-5-4-9-18(22)13-17-7-2-1-3-8-17/h1-5,7-9,12,19-21H,6,10-11,13-16H2,(H,26,27)/t19-,20+,21?. The molecule has 2 saturated carbocycles. The summed E-state index contributed by atoms with van der Waals surface area (Å²) in [6.45, 7) is -0.307. The number of anilines is 1. The highest BCUT2D eigenvalue weighted by Crippen LogP contribution is 2.40. The van der Waals surface area contributed by atoms with Crippen LogP contribution in [0.1, 0.15) is 43.2 Å². The van der Waals surface area contributed by atoms with Gasteiger partial charge < -0.3 is 10.1 Å². The zero-order chi connectivity index (χ0) is 20.9. The maximum atomic E-state index is 12.5. The van der Waals surface area contributed by atoms with E-state index in [2.05, 4.69) is 5.32 Å². The summed E-state index contributed by atoms with van der Waals surface area (Å²) in [6.07, 6.45) is 4.64. The van der Waals surface area contributed by atoms with Crippen LogP contribution in [0.3, 0.4) is 0 Å². The molecule has 1 unspecified atom stereocenters. The van der Waals surface area contributed by atoms with E-state index in [1.54, 1.807) is 0 Å². The Kier molecular flexibility index (Phi) is 6.26. The van der Waals surface area contributed by atoms with Crippen molar-refractivity contribution in [2.75, 3.05) is 11.9 Å². The van der Waals surface area contributed by atoms with Crippen LogP contribution < -0.4 is 5.32 Å². The number of nitrogens with one attached hydrogen (secondary N) is 1. The molecule has 30 heavy (non-hydrogen) atoms. The number of benzene rings is 2. The van der Waals surface area contributed by atoms with Crippen molar-refractivity contribution in [2.24, 2.45) is 17.8 Å². The van der Waals surface area contributed by atoms with Crippen molar-refractivity contribution in [2.45, 2.75) is 38.5 Å². The molecule has 0 saturated heterocycles. The molecule has 2 aromatic rings. The summed E-state index contributed by atoms with van der Waals surface area (Å²) in [5, 5.41) is 2.87. The third-order valence-electron chi connectivity index (χ3n) is 6.26. The third kappa shape index (κ3) is 4.78. The Morgan fingerprint density at radius 3 is 2.33 bits per heavy atom. The van der Waals surface area contributed by atoms with Crippen LogP contribution in [-0.2, 0) is 25.5 Å². The number of fused-ring (bicyclic) bond motifs is 2. The minimum atomic E-state index is -0.355. The number of hydrogen-bond acceptors (Lipinski definition) is 4. The number of carbonyl (C=O) groups is 3. The molecule has 2 bridgehead atoms. The Balaban J connectivity index is 1.31. The van der Waals surface area contributed by atoms with E-state index in [9.17, 15) is 14.4 Å². The molecule has 2 fully saturated rings. The van der Waals surface area contributed by atoms with Crippen LogP contribution in [0.25, 0.3) is 0 Å². The van der Waals surface area contributed by atoms with Gasteiger partial charge >= 0.3 is 5.97 Å². The van der Waals surface area contributed by atoms with Crippen molar-refractivity contribution in [3.05, 3.63) is 65.7 Å². The zero-order valence-electron chi connectivity index (χ0n) is 17.0. The monoisotopic (exact) mass is 405 g/mol. The maximum Gasteiger partial charge on any atom is 0.309 e. The molecule has 3 atom stereocenters. The molecule has 1 amide bonds. The van der Waals surface area contributed by atoms with Gasteiger partial charge in [0.05, 0.1) is 5.92 Å². The first-order valence-corrected chi connectivity index (χ1v) is 10.7. The molecule has 4 rings (SSSR count). The lowest BCUT2D eigenvalue weighted by atomic mass is 9.67. The molecule has 0 aliphatic heterocycles. The van der Waals surface area contributed by atoms with Crippen molar-refractivity contribution < 1.29 is 19.1 Å². The van der Waals surface area contributed by atoms with Gasteiger partial charge in [-0.3, -0.25) is 14.4 Å². The quantitative estimate of drug-likeness (QED) is 0.733. The first kappa shape index (κ1) is 20.3. The SMILES string of the molecule is O=C(COC(=O)C1C[C@H]2CCC[C@@H](C1)C2=O)Nc1ccccc1Cc1ccccc1. The molecule has 2 aliphatic rings. The fourth-order valence-electron chi connectivity index (χ4n) is 4.73. The van der Waals surface area contributed by atoms with Crippen molar-refractivity contribution in [3.63, 3.8) is 0 Å². The van der Waals surface area contributed by atoms with Crippen molar-refractivity contribution in [1.82, 2.24) is 0 Å². The largest absolute Gasteiger partial charge is 0.455 e. The highest BCUT2D eigenvalue weighted by atomic mass is 16.5. The molecule has 0 radical (unpaired) electrons. The third-order valence-corrected chi connectivity index (χ3v) is 6.26. The average molecular weight is 405 g/mol. The number of carbonyl (C=O) groups excluding carboxylic acids is 3. The summed E-state index contributed by atoms with van der Waals surface area (Å²) < 4.78 is 5.31. The lowest BCUT2D eigenvalue weighted by molar-refractivity contribution is -0.155. The number of para-hydroxylation sites is 1. The minimum absolute atomic E-state index is 0.00580. The lowest BCUT2D eigenvalue weighted by Gasteiger charge is -2.36. The van der Waals surface area contributed by atoms with Crippen LogP contribution in [0.15, 0.2) is 54.6 Å². The molecule has 1 N–H and O–H groups in total. The molecule has 2 aromatic carbocycles. The maximum absolute atomic E-state index is 12.5. The van der Waals surface area contributed by atoms with Crippen LogP contribution in [0.2, 0.25) is 0 Å². The highest BCUT2D eigenvalue weighted by Gasteiger charge is 2.41. The number of amides is 1. The first-order valence-electron chi connectivity index (χ1n) is 10.7. The van der Waals surface area contributed by atoms with Gasteiger partial charge in [0, 0.05) is 17.5 Å². The van der Waals surface area contributed by atoms with E-state index in [0.29, 0.717) is 25.0 Å². The van der Waals surface area contributed by atoms with Gasteiger partial charge in [-0.05, 0) is 49.3 Å². The normalized spacial score (nSPS) is 22.9. The van der Waals surface area contributed by atoms with Gasteiger partial charge in [0.25, 0.3) is 5.91 Å². The summed E-state index contributed by atoms with van der Waals surface area (Å²) in [5.74, 6) is -0.667. The first-order chi connectivity index (χ1) is 14.6. The fraction of sp³-hybridized carbons (Fsp3) is 0.400. The smallest absolute Gasteiger partial charge is 0.309 e. The number of rotatable bonds is 6. The van der Waals surface area contributed by atoms with Gasteiger partial charge in [-0.25, -0.2) is 0 Å². The Morgan fingerprint density at radius 2 is 1.60 bits per heavy atom. The highest BCUT2D eigenvalue weighted by molar-refractivity contribution is 5.94. The molecule has 0 heterocycles. The second-order valence-corrected chi connectivity index (χ2v) is 8.37. The van der Waals surface area contributed by atoms with Crippen LogP contribution in [0.4, 0.5) is 5.69 Å². The molecule has 5 heteroatoms. The number of ether oxygens (including phenoxy) is 1. The van der Waals surface area contributed by atoms with Crippen molar-refractivity contribution in [3.8, 4) is 0 Å². The van der Waals surface area contributed by atoms with Gasteiger partial charge in [0.2, 0.25) is 0 Å². The Bertz CT molecular complexity index is 908. The van der Waals surface area contributed by atoms with E-state index in [4.69, 9.17) is 4.74 Å². The second-order valence-electron chi connectivity index (χ2n) is 8.37. The van der Waals surface area contributed by atoms with Gasteiger partial charge in [-0.2, -0.15) is 0 Å². The van der Waals surface area contributed by atoms with E-state index >= 15 is 0 Å². The predicted molar refractivity (Wildman–Crippen MR) is 114 cm³/mol. The Labute approximate surface area is 176 Å². The fourth-order valence-corrected chi connectivity index (χ4v) is 4.73. The van der Waals surface area contributed by atoms with Gasteiger partial charge in [0.1, 0.15) is 5.78 Å². The van der Waals surface area contributed by atoms with Crippen LogP contribution in [0.5, 0.6) is 0 Å². The van der Waals surface area contributed by atoms with E-state index in [-0.39, 0.29) is 36.2 Å². The molecular weight excluding hydrogens is 378 g/mol. The van der Waals surface area contributed by atoms with Crippen molar-refractivity contribution in [1.29, 1.82) is 0 Å². The van der Waals surface area contributed by atoms with Crippen LogP contribution in [-0.4, -0.2) is 24.3 Å². The average Bonchev–Trinajstić information content (AvgIpc) is 2.74. The molecule has 0 aromatic heterocycles. The topological polar surface area (TPSA) is 72.5 Å². The molecule has 2 aliphatic carbocycles. The molecule has 0 spiro atoms. The number of Topliss-reactive ketones (excluding diaryl/α,β-unsaturated/α-hetero) is 1.